The van der Waals surface area contributed by atoms with Crippen molar-refractivity contribution in [1.29, 1.82) is 0 Å². The summed E-state index contributed by atoms with van der Waals surface area (Å²) >= 11 is 1.60. The summed E-state index contributed by atoms with van der Waals surface area (Å²) in [6, 6.07) is 24.0. The summed E-state index contributed by atoms with van der Waals surface area (Å²) in [5.74, 6) is 0.910. The number of hydrogen-bond donors (Lipinski definition) is 1. The monoisotopic (exact) mass is 516 g/mol. The molecule has 3 aromatic rings. The summed E-state index contributed by atoms with van der Waals surface area (Å²) in [6.07, 6.45) is 0.460. The fourth-order valence-corrected chi connectivity index (χ4v) is 5.23. The van der Waals surface area contributed by atoms with E-state index in [0.717, 1.165) is 22.4 Å². The minimum atomic E-state index is -0.614. The Bertz CT molecular complexity index is 1160. The van der Waals surface area contributed by atoms with Gasteiger partial charge in [-0.15, -0.1) is 11.8 Å². The highest BCUT2D eigenvalue weighted by molar-refractivity contribution is 7.99. The van der Waals surface area contributed by atoms with Gasteiger partial charge in [0.1, 0.15) is 6.04 Å². The van der Waals surface area contributed by atoms with Crippen molar-refractivity contribution in [3.8, 4) is 0 Å². The fourth-order valence-electron chi connectivity index (χ4n) is 4.39. The highest BCUT2D eigenvalue weighted by atomic mass is 32.2. The molecule has 3 rings (SSSR count). The molecule has 0 radical (unpaired) electrons. The van der Waals surface area contributed by atoms with Crippen LogP contribution in [0.4, 0.5) is 0 Å². The lowest BCUT2D eigenvalue weighted by atomic mass is 10.0. The van der Waals surface area contributed by atoms with Crippen LogP contribution in [0.25, 0.3) is 0 Å². The molecule has 0 aliphatic rings. The molecular formula is C32H40N2O2S. The lowest BCUT2D eigenvalue weighted by Crippen LogP contribution is -2.54. The van der Waals surface area contributed by atoms with Crippen LogP contribution in [0.1, 0.15) is 54.2 Å². The topological polar surface area (TPSA) is 49.4 Å². The second-order valence-corrected chi connectivity index (χ2v) is 11.9. The predicted molar refractivity (Wildman–Crippen MR) is 156 cm³/mol. The van der Waals surface area contributed by atoms with E-state index < -0.39 is 11.6 Å². The molecule has 0 heterocycles. The van der Waals surface area contributed by atoms with Crippen LogP contribution in [-0.2, 0) is 28.3 Å². The van der Waals surface area contributed by atoms with Crippen LogP contribution in [0, 0.1) is 20.8 Å². The first kappa shape index (κ1) is 28.5. The number of aryl methyl sites for hydroxylation is 3. The number of carbonyl (C=O) groups is 2. The van der Waals surface area contributed by atoms with Crippen LogP contribution in [0.3, 0.4) is 0 Å². The van der Waals surface area contributed by atoms with Crippen LogP contribution < -0.4 is 5.32 Å². The molecule has 5 heteroatoms. The summed E-state index contributed by atoms with van der Waals surface area (Å²) in [5, 5.41) is 3.12. The Labute approximate surface area is 226 Å². The van der Waals surface area contributed by atoms with Gasteiger partial charge in [-0.05, 0) is 58.2 Å². The van der Waals surface area contributed by atoms with Gasteiger partial charge >= 0.3 is 0 Å². The average Bonchev–Trinajstić information content (AvgIpc) is 2.81. The number of amides is 2. The van der Waals surface area contributed by atoms with Gasteiger partial charge in [0.2, 0.25) is 11.8 Å². The van der Waals surface area contributed by atoms with Crippen LogP contribution >= 0.6 is 11.8 Å². The molecule has 0 spiro atoms. The number of nitrogens with one attached hydrogen (secondary N) is 1. The zero-order valence-corrected chi connectivity index (χ0v) is 23.8. The van der Waals surface area contributed by atoms with E-state index in [1.54, 1.807) is 16.7 Å². The normalized spacial score (nSPS) is 12.2. The number of hydrogen-bond acceptors (Lipinski definition) is 3. The molecule has 0 aliphatic carbocycles. The third-order valence-corrected chi connectivity index (χ3v) is 7.01. The first-order chi connectivity index (χ1) is 17.5. The predicted octanol–water partition coefficient (Wildman–Crippen LogP) is 6.40. The van der Waals surface area contributed by atoms with E-state index in [-0.39, 0.29) is 11.8 Å². The Hall–Kier alpha value is -3.05. The summed E-state index contributed by atoms with van der Waals surface area (Å²) in [4.78, 5) is 29.1. The van der Waals surface area contributed by atoms with Crippen LogP contribution in [0.5, 0.6) is 0 Å². The van der Waals surface area contributed by atoms with Crippen molar-refractivity contribution in [1.82, 2.24) is 10.2 Å². The van der Waals surface area contributed by atoms with E-state index in [2.05, 4.69) is 37.4 Å². The molecule has 196 valence electrons. The number of carbonyl (C=O) groups excluding carboxylic acids is 2. The maximum absolute atomic E-state index is 13.8. The molecule has 0 aliphatic heterocycles. The van der Waals surface area contributed by atoms with Crippen molar-refractivity contribution in [2.24, 2.45) is 0 Å². The van der Waals surface area contributed by atoms with Gasteiger partial charge in [0.05, 0.1) is 5.75 Å². The first-order valence-corrected chi connectivity index (χ1v) is 14.0. The Balaban J connectivity index is 1.87. The number of thioether (sulfide) groups is 1. The smallest absolute Gasteiger partial charge is 0.243 e. The van der Waals surface area contributed by atoms with Crippen LogP contribution in [0.2, 0.25) is 0 Å². The molecular weight excluding hydrogens is 476 g/mol. The minimum absolute atomic E-state index is 0.0278. The van der Waals surface area contributed by atoms with Crippen molar-refractivity contribution in [3.63, 3.8) is 0 Å². The van der Waals surface area contributed by atoms with Crippen molar-refractivity contribution in [2.75, 3.05) is 5.75 Å². The second kappa shape index (κ2) is 13.0. The molecule has 0 fully saturated rings. The minimum Gasteiger partial charge on any atom is -0.350 e. The lowest BCUT2D eigenvalue weighted by Gasteiger charge is -2.34. The van der Waals surface area contributed by atoms with E-state index in [9.17, 15) is 9.59 Å². The van der Waals surface area contributed by atoms with E-state index >= 15 is 0 Å². The van der Waals surface area contributed by atoms with Gasteiger partial charge in [-0.25, -0.2) is 0 Å². The first-order valence-electron chi connectivity index (χ1n) is 12.9. The second-order valence-electron chi connectivity index (χ2n) is 10.9. The lowest BCUT2D eigenvalue weighted by molar-refractivity contribution is -0.140. The molecule has 0 saturated carbocycles. The summed E-state index contributed by atoms with van der Waals surface area (Å²) in [5.41, 5.74) is 6.47. The third kappa shape index (κ3) is 9.40. The van der Waals surface area contributed by atoms with Gasteiger partial charge in [0.15, 0.2) is 0 Å². The zero-order chi connectivity index (χ0) is 27.0. The highest BCUT2D eigenvalue weighted by Crippen LogP contribution is 2.20. The van der Waals surface area contributed by atoms with Gasteiger partial charge in [-0.2, -0.15) is 0 Å². The van der Waals surface area contributed by atoms with Gasteiger partial charge in [0.25, 0.3) is 0 Å². The number of benzene rings is 3. The fraction of sp³-hybridized carbons (Fsp3) is 0.375. The van der Waals surface area contributed by atoms with Crippen LogP contribution in [0.15, 0.2) is 72.8 Å². The molecule has 0 unspecified atom stereocenters. The van der Waals surface area contributed by atoms with Crippen molar-refractivity contribution < 1.29 is 9.59 Å². The summed E-state index contributed by atoms with van der Waals surface area (Å²) in [7, 11) is 0. The maximum atomic E-state index is 13.8. The van der Waals surface area contributed by atoms with Gasteiger partial charge in [0, 0.05) is 24.3 Å². The number of nitrogens with zero attached hydrogens (tertiary/aromatic N) is 1. The third-order valence-electron chi connectivity index (χ3n) is 6.02. The Morgan fingerprint density at radius 1 is 0.811 bits per heavy atom. The maximum Gasteiger partial charge on any atom is 0.243 e. The molecule has 2 amide bonds. The summed E-state index contributed by atoms with van der Waals surface area (Å²) < 4.78 is 0. The standard InChI is InChI=1S/C32H40N2O2S/c1-23-12-14-27(15-13-23)20-34(30(35)22-37-21-28-17-24(2)16-25(3)18-28)29(31(36)33-32(4,5)6)19-26-10-8-7-9-11-26/h7-18,29H,19-22H2,1-6H3,(H,33,36)/t29-/m0/s1. The molecule has 37 heavy (non-hydrogen) atoms. The Morgan fingerprint density at radius 2 is 1.43 bits per heavy atom. The molecule has 0 aromatic heterocycles. The van der Waals surface area contributed by atoms with E-state index in [1.165, 1.54) is 16.7 Å². The average molecular weight is 517 g/mol. The zero-order valence-electron chi connectivity index (χ0n) is 23.0. The summed E-state index contributed by atoms with van der Waals surface area (Å²) in [6.45, 7) is 12.5. The Kier molecular flexibility index (Phi) is 9.99. The molecule has 1 atom stereocenters. The van der Waals surface area contributed by atoms with E-state index in [0.29, 0.717) is 18.7 Å². The van der Waals surface area contributed by atoms with Crippen molar-refractivity contribution in [2.45, 2.75) is 71.8 Å². The molecule has 1 N–H and O–H groups in total. The molecule has 0 saturated heterocycles. The van der Waals surface area contributed by atoms with Gasteiger partial charge < -0.3 is 10.2 Å². The SMILES string of the molecule is Cc1ccc(CN(C(=O)CSCc2cc(C)cc(C)c2)[C@@H](Cc2ccccc2)C(=O)NC(C)(C)C)cc1. The van der Waals surface area contributed by atoms with E-state index in [4.69, 9.17) is 0 Å². The molecule has 4 nitrogen and oxygen atoms in total. The highest BCUT2D eigenvalue weighted by Gasteiger charge is 2.32. The van der Waals surface area contributed by atoms with Gasteiger partial charge in [-0.1, -0.05) is 89.5 Å². The van der Waals surface area contributed by atoms with Crippen molar-refractivity contribution >= 4 is 23.6 Å². The van der Waals surface area contributed by atoms with E-state index in [1.807, 2.05) is 82.3 Å². The van der Waals surface area contributed by atoms with Gasteiger partial charge in [-0.3, -0.25) is 9.59 Å². The molecule has 0 bridgehead atoms. The Morgan fingerprint density at radius 3 is 2.03 bits per heavy atom. The number of rotatable bonds is 10. The van der Waals surface area contributed by atoms with Crippen LogP contribution in [-0.4, -0.2) is 34.0 Å². The molecule has 3 aromatic carbocycles. The largest absolute Gasteiger partial charge is 0.350 e. The quantitative estimate of drug-likeness (QED) is 0.339. The van der Waals surface area contributed by atoms with Crippen molar-refractivity contribution in [3.05, 3.63) is 106 Å².